The van der Waals surface area contributed by atoms with Gasteiger partial charge >= 0.3 is 0 Å². The summed E-state index contributed by atoms with van der Waals surface area (Å²) in [5, 5.41) is 3.36. The lowest BCUT2D eigenvalue weighted by Gasteiger charge is -2.34. The van der Waals surface area contributed by atoms with E-state index >= 15 is 0 Å². The number of aryl methyl sites for hydroxylation is 2. The standard InChI is InChI=1S/C35H38ClN3O4S/c1-4-21-37-35(41)33(23-28-10-6-5-7-11-28)38(24-29-12-8-9-27(3)22-29)34(40)25-39(31-17-13-26(2)14-18-31)44(42,43)32-19-15-30(36)16-20-32/h5-20,22,33H,4,21,23-25H2,1-3H3,(H,37,41)/t33-/m0/s1. The van der Waals surface area contributed by atoms with Gasteiger partial charge in [-0.15, -0.1) is 0 Å². The summed E-state index contributed by atoms with van der Waals surface area (Å²) in [5.41, 5.74) is 4.01. The van der Waals surface area contributed by atoms with Crippen molar-refractivity contribution in [1.29, 1.82) is 0 Å². The number of sulfonamides is 1. The van der Waals surface area contributed by atoms with Crippen molar-refractivity contribution in [3.63, 3.8) is 0 Å². The van der Waals surface area contributed by atoms with Crippen LogP contribution in [0.2, 0.25) is 5.02 Å². The molecule has 44 heavy (non-hydrogen) atoms. The third-order valence-corrected chi connectivity index (χ3v) is 9.30. The van der Waals surface area contributed by atoms with Crippen molar-refractivity contribution >= 4 is 39.1 Å². The molecule has 0 aliphatic rings. The molecule has 7 nitrogen and oxygen atoms in total. The molecule has 9 heteroatoms. The molecule has 0 saturated carbocycles. The topological polar surface area (TPSA) is 86.8 Å². The Labute approximate surface area is 265 Å². The molecule has 4 rings (SSSR count). The highest BCUT2D eigenvalue weighted by Gasteiger charge is 2.34. The SMILES string of the molecule is CCCNC(=O)[C@H](Cc1ccccc1)N(Cc1cccc(C)c1)C(=O)CN(c1ccc(C)cc1)S(=O)(=O)c1ccc(Cl)cc1. The fourth-order valence-corrected chi connectivity index (χ4v) is 6.44. The van der Waals surface area contributed by atoms with Crippen LogP contribution < -0.4 is 9.62 Å². The summed E-state index contributed by atoms with van der Waals surface area (Å²) in [5.74, 6) is -0.795. The molecule has 0 aliphatic carbocycles. The summed E-state index contributed by atoms with van der Waals surface area (Å²) in [7, 11) is -4.18. The van der Waals surface area contributed by atoms with E-state index in [9.17, 15) is 18.0 Å². The zero-order valence-electron chi connectivity index (χ0n) is 25.2. The van der Waals surface area contributed by atoms with Gasteiger partial charge in [-0.1, -0.05) is 96.4 Å². The van der Waals surface area contributed by atoms with Crippen LogP contribution in [0.15, 0.2) is 108 Å². The second-order valence-electron chi connectivity index (χ2n) is 10.8. The van der Waals surface area contributed by atoms with Gasteiger partial charge in [0.1, 0.15) is 12.6 Å². The normalized spacial score (nSPS) is 11.9. The van der Waals surface area contributed by atoms with E-state index in [-0.39, 0.29) is 23.8 Å². The summed E-state index contributed by atoms with van der Waals surface area (Å²) in [6.07, 6.45) is 0.999. The quantitative estimate of drug-likeness (QED) is 0.187. The summed E-state index contributed by atoms with van der Waals surface area (Å²) in [6, 6.07) is 29.1. The van der Waals surface area contributed by atoms with Crippen LogP contribution in [-0.4, -0.2) is 44.3 Å². The molecule has 0 fully saturated rings. The van der Waals surface area contributed by atoms with E-state index in [2.05, 4.69) is 5.32 Å². The molecular formula is C35H38ClN3O4S. The molecule has 230 valence electrons. The molecule has 0 aliphatic heterocycles. The monoisotopic (exact) mass is 631 g/mol. The maximum atomic E-state index is 14.4. The van der Waals surface area contributed by atoms with Gasteiger partial charge in [0.05, 0.1) is 10.6 Å². The van der Waals surface area contributed by atoms with E-state index in [0.29, 0.717) is 17.3 Å². The highest BCUT2D eigenvalue weighted by molar-refractivity contribution is 7.92. The van der Waals surface area contributed by atoms with Gasteiger partial charge in [0, 0.05) is 24.5 Å². The molecule has 4 aromatic rings. The average molecular weight is 632 g/mol. The predicted molar refractivity (Wildman–Crippen MR) is 176 cm³/mol. The van der Waals surface area contributed by atoms with E-state index < -0.39 is 28.5 Å². The largest absolute Gasteiger partial charge is 0.354 e. The maximum absolute atomic E-state index is 14.4. The van der Waals surface area contributed by atoms with Gasteiger partial charge < -0.3 is 10.2 Å². The lowest BCUT2D eigenvalue weighted by atomic mass is 10.0. The Bertz CT molecular complexity index is 1660. The Kier molecular flexibility index (Phi) is 11.2. The third-order valence-electron chi connectivity index (χ3n) is 7.26. The van der Waals surface area contributed by atoms with Crippen LogP contribution in [0.5, 0.6) is 0 Å². The highest BCUT2D eigenvalue weighted by atomic mass is 35.5. The molecule has 0 heterocycles. The van der Waals surface area contributed by atoms with Gasteiger partial charge in [-0.2, -0.15) is 0 Å². The number of halogens is 1. The van der Waals surface area contributed by atoms with Crippen LogP contribution >= 0.6 is 11.6 Å². The van der Waals surface area contributed by atoms with Crippen LogP contribution in [0.25, 0.3) is 0 Å². The first-order valence-electron chi connectivity index (χ1n) is 14.6. The van der Waals surface area contributed by atoms with Crippen molar-refractivity contribution < 1.29 is 18.0 Å². The first-order chi connectivity index (χ1) is 21.1. The minimum absolute atomic E-state index is 0.00188. The smallest absolute Gasteiger partial charge is 0.264 e. The van der Waals surface area contributed by atoms with Gasteiger partial charge in [0.15, 0.2) is 0 Å². The molecule has 0 saturated heterocycles. The molecule has 0 radical (unpaired) electrons. The van der Waals surface area contributed by atoms with E-state index in [4.69, 9.17) is 11.6 Å². The van der Waals surface area contributed by atoms with E-state index in [1.165, 1.54) is 29.2 Å². The first kappa shape index (κ1) is 32.8. The number of anilines is 1. The van der Waals surface area contributed by atoms with Crippen LogP contribution in [0.1, 0.15) is 35.6 Å². The highest BCUT2D eigenvalue weighted by Crippen LogP contribution is 2.26. The number of rotatable bonds is 13. The van der Waals surface area contributed by atoms with E-state index in [0.717, 1.165) is 33.0 Å². The zero-order valence-corrected chi connectivity index (χ0v) is 26.8. The minimum Gasteiger partial charge on any atom is -0.354 e. The molecule has 0 bridgehead atoms. The fraction of sp³-hybridized carbons (Fsp3) is 0.257. The van der Waals surface area contributed by atoms with E-state index in [1.54, 1.807) is 24.3 Å². The molecule has 0 unspecified atom stereocenters. The van der Waals surface area contributed by atoms with Crippen LogP contribution in [-0.2, 0) is 32.6 Å². The maximum Gasteiger partial charge on any atom is 0.264 e. The number of hydrogen-bond acceptors (Lipinski definition) is 4. The van der Waals surface area contributed by atoms with Gasteiger partial charge in [-0.3, -0.25) is 13.9 Å². The van der Waals surface area contributed by atoms with Gasteiger partial charge in [0.25, 0.3) is 10.0 Å². The Morgan fingerprint density at radius 1 is 0.818 bits per heavy atom. The van der Waals surface area contributed by atoms with Gasteiger partial charge in [0.2, 0.25) is 11.8 Å². The van der Waals surface area contributed by atoms with Gasteiger partial charge in [-0.05, 0) is 67.8 Å². The van der Waals surface area contributed by atoms with Crippen molar-refractivity contribution in [3.8, 4) is 0 Å². The number of carbonyl (C=O) groups is 2. The lowest BCUT2D eigenvalue weighted by molar-refractivity contribution is -0.140. The minimum atomic E-state index is -4.18. The lowest BCUT2D eigenvalue weighted by Crippen LogP contribution is -2.53. The van der Waals surface area contributed by atoms with E-state index in [1.807, 2.05) is 75.4 Å². The molecular weight excluding hydrogens is 594 g/mol. The third kappa shape index (κ3) is 8.49. The Morgan fingerprint density at radius 2 is 1.48 bits per heavy atom. The molecule has 4 aromatic carbocycles. The Balaban J connectivity index is 1.79. The van der Waals surface area contributed by atoms with Crippen molar-refractivity contribution in [2.45, 2.75) is 51.1 Å². The van der Waals surface area contributed by atoms with Crippen molar-refractivity contribution in [3.05, 3.63) is 130 Å². The zero-order chi connectivity index (χ0) is 31.7. The summed E-state index contributed by atoms with van der Waals surface area (Å²) < 4.78 is 29.2. The predicted octanol–water partition coefficient (Wildman–Crippen LogP) is 6.32. The Hall–Kier alpha value is -4.14. The second-order valence-corrected chi connectivity index (χ2v) is 13.1. The fourth-order valence-electron chi connectivity index (χ4n) is 4.90. The van der Waals surface area contributed by atoms with Crippen molar-refractivity contribution in [2.24, 2.45) is 0 Å². The van der Waals surface area contributed by atoms with Crippen LogP contribution in [0.3, 0.4) is 0 Å². The van der Waals surface area contributed by atoms with Crippen LogP contribution in [0.4, 0.5) is 5.69 Å². The molecule has 2 amide bonds. The molecule has 0 spiro atoms. The number of nitrogens with zero attached hydrogens (tertiary/aromatic N) is 2. The molecule has 1 N–H and O–H groups in total. The summed E-state index contributed by atoms with van der Waals surface area (Å²) >= 11 is 6.05. The van der Waals surface area contributed by atoms with Crippen molar-refractivity contribution in [2.75, 3.05) is 17.4 Å². The summed E-state index contributed by atoms with van der Waals surface area (Å²) in [4.78, 5) is 29.7. The van der Waals surface area contributed by atoms with Gasteiger partial charge in [-0.25, -0.2) is 8.42 Å². The molecule has 1 atom stereocenters. The molecule has 0 aromatic heterocycles. The summed E-state index contributed by atoms with van der Waals surface area (Å²) in [6.45, 7) is 5.90. The number of hydrogen-bond donors (Lipinski definition) is 1. The number of nitrogens with one attached hydrogen (secondary N) is 1. The average Bonchev–Trinajstić information content (AvgIpc) is 3.01. The number of carbonyl (C=O) groups excluding carboxylic acids is 2. The van der Waals surface area contributed by atoms with Crippen molar-refractivity contribution in [1.82, 2.24) is 10.2 Å². The van der Waals surface area contributed by atoms with Crippen LogP contribution in [0, 0.1) is 13.8 Å². The second kappa shape index (κ2) is 15.0. The number of benzene rings is 4. The first-order valence-corrected chi connectivity index (χ1v) is 16.4. The number of amides is 2. The Morgan fingerprint density at radius 3 is 2.11 bits per heavy atom.